The van der Waals surface area contributed by atoms with Gasteiger partial charge in [-0.25, -0.2) is 13.4 Å². The molecule has 5 nitrogen and oxygen atoms in total. The van der Waals surface area contributed by atoms with Gasteiger partial charge in [0.25, 0.3) is 0 Å². The molecular weight excluding hydrogens is 310 g/mol. The van der Waals surface area contributed by atoms with Gasteiger partial charge in [-0.05, 0) is 30.3 Å². The molecule has 0 amide bonds. The van der Waals surface area contributed by atoms with Crippen molar-refractivity contribution in [2.45, 2.75) is 10.6 Å². The number of hydrogen-bond acceptors (Lipinski definition) is 4. The first kappa shape index (κ1) is 13.9. The first-order valence-corrected chi connectivity index (χ1v) is 8.19. The maximum Gasteiger partial charge on any atom is 0.186 e. The second-order valence-corrected chi connectivity index (χ2v) is 7.03. The third-order valence-corrected chi connectivity index (χ3v) is 5.01. The van der Waals surface area contributed by atoms with E-state index in [0.29, 0.717) is 16.4 Å². The van der Waals surface area contributed by atoms with Crippen LogP contribution in [-0.2, 0) is 15.6 Å². The molecule has 0 saturated heterocycles. The number of fused-ring (bicyclic) bond motifs is 1. The largest absolute Gasteiger partial charge is 0.398 e. The van der Waals surface area contributed by atoms with Gasteiger partial charge >= 0.3 is 0 Å². The van der Waals surface area contributed by atoms with Gasteiger partial charge in [-0.1, -0.05) is 17.7 Å². The van der Waals surface area contributed by atoms with Gasteiger partial charge in [-0.3, -0.25) is 0 Å². The van der Waals surface area contributed by atoms with E-state index in [0.717, 1.165) is 0 Å². The van der Waals surface area contributed by atoms with Crippen LogP contribution in [0.1, 0.15) is 5.69 Å². The molecule has 0 atom stereocenters. The Labute approximate surface area is 126 Å². The molecule has 1 aromatic carbocycles. The van der Waals surface area contributed by atoms with Gasteiger partial charge in [0.2, 0.25) is 0 Å². The minimum Gasteiger partial charge on any atom is -0.398 e. The Morgan fingerprint density at radius 2 is 2.05 bits per heavy atom. The van der Waals surface area contributed by atoms with Crippen LogP contribution in [0.2, 0.25) is 5.02 Å². The highest BCUT2D eigenvalue weighted by molar-refractivity contribution is 7.90. The second kappa shape index (κ2) is 5.05. The lowest BCUT2D eigenvalue weighted by Crippen LogP contribution is -2.08. The molecular formula is C14H12ClN3O2S. The molecule has 3 aromatic rings. The molecule has 0 aliphatic carbocycles. The maximum atomic E-state index is 12.4. The van der Waals surface area contributed by atoms with E-state index in [2.05, 4.69) is 4.98 Å². The monoisotopic (exact) mass is 321 g/mol. The van der Waals surface area contributed by atoms with Crippen molar-refractivity contribution in [2.24, 2.45) is 0 Å². The fourth-order valence-corrected chi connectivity index (χ4v) is 3.69. The van der Waals surface area contributed by atoms with Crippen molar-refractivity contribution in [1.29, 1.82) is 0 Å². The van der Waals surface area contributed by atoms with Crippen LogP contribution in [0.4, 0.5) is 5.69 Å². The third-order valence-electron chi connectivity index (χ3n) is 3.06. The summed E-state index contributed by atoms with van der Waals surface area (Å²) in [6.45, 7) is 0. The molecule has 3 rings (SSSR count). The zero-order chi connectivity index (χ0) is 15.0. The number of hydrogen-bond donors (Lipinski definition) is 1. The fraction of sp³-hybridized carbons (Fsp3) is 0.0714. The Hall–Kier alpha value is -2.05. The highest BCUT2D eigenvalue weighted by atomic mass is 35.5. The Balaban J connectivity index is 1.99. The first-order chi connectivity index (χ1) is 9.95. The van der Waals surface area contributed by atoms with Crippen LogP contribution in [0, 0.1) is 0 Å². The van der Waals surface area contributed by atoms with E-state index in [9.17, 15) is 8.42 Å². The summed E-state index contributed by atoms with van der Waals surface area (Å²) in [5.41, 5.74) is 7.06. The van der Waals surface area contributed by atoms with Gasteiger partial charge in [0.1, 0.15) is 5.65 Å². The van der Waals surface area contributed by atoms with Crippen LogP contribution in [0.15, 0.2) is 53.7 Å². The number of nitrogens with zero attached hydrogens (tertiary/aromatic N) is 2. The van der Waals surface area contributed by atoms with Crippen molar-refractivity contribution in [3.63, 3.8) is 0 Å². The van der Waals surface area contributed by atoms with Gasteiger partial charge in [0.05, 0.1) is 22.0 Å². The van der Waals surface area contributed by atoms with Crippen molar-refractivity contribution in [3.8, 4) is 0 Å². The van der Waals surface area contributed by atoms with Gasteiger partial charge < -0.3 is 10.1 Å². The second-order valence-electron chi connectivity index (χ2n) is 4.64. The van der Waals surface area contributed by atoms with Crippen molar-refractivity contribution in [1.82, 2.24) is 9.38 Å². The van der Waals surface area contributed by atoms with Gasteiger partial charge in [-0.15, -0.1) is 0 Å². The number of rotatable bonds is 3. The van der Waals surface area contributed by atoms with Gasteiger partial charge in [0, 0.05) is 17.4 Å². The SMILES string of the molecule is Nc1cc(Cl)ccc1S(=O)(=O)Cc1cn2ccccc2n1. The van der Waals surface area contributed by atoms with Crippen LogP contribution in [0.5, 0.6) is 0 Å². The zero-order valence-electron chi connectivity index (χ0n) is 10.9. The predicted molar refractivity (Wildman–Crippen MR) is 81.9 cm³/mol. The van der Waals surface area contributed by atoms with E-state index < -0.39 is 9.84 Å². The minimum absolute atomic E-state index is 0.0731. The third kappa shape index (κ3) is 2.72. The fourth-order valence-electron chi connectivity index (χ4n) is 2.13. The lowest BCUT2D eigenvalue weighted by Gasteiger charge is -2.06. The Bertz CT molecular complexity index is 886. The molecule has 0 unspecified atom stereocenters. The van der Waals surface area contributed by atoms with Gasteiger partial charge in [-0.2, -0.15) is 0 Å². The molecule has 0 aliphatic heterocycles. The Morgan fingerprint density at radius 3 is 2.76 bits per heavy atom. The normalized spacial score (nSPS) is 11.9. The van der Waals surface area contributed by atoms with Crippen LogP contribution in [-0.4, -0.2) is 17.8 Å². The number of aromatic nitrogens is 2. The van der Waals surface area contributed by atoms with Crippen molar-refractivity contribution >= 4 is 32.8 Å². The van der Waals surface area contributed by atoms with Crippen LogP contribution < -0.4 is 5.73 Å². The van der Waals surface area contributed by atoms with Gasteiger partial charge in [0.15, 0.2) is 9.84 Å². The topological polar surface area (TPSA) is 77.5 Å². The molecule has 0 aliphatic rings. The first-order valence-electron chi connectivity index (χ1n) is 6.16. The van der Waals surface area contributed by atoms with Crippen LogP contribution >= 0.6 is 11.6 Å². The van der Waals surface area contributed by atoms with Crippen molar-refractivity contribution in [2.75, 3.05) is 5.73 Å². The number of pyridine rings is 1. The summed E-state index contributed by atoms with van der Waals surface area (Å²) in [5.74, 6) is -0.208. The van der Waals surface area contributed by atoms with E-state index >= 15 is 0 Å². The number of sulfone groups is 1. The number of benzene rings is 1. The van der Waals surface area contributed by atoms with E-state index in [1.165, 1.54) is 18.2 Å². The molecule has 2 N–H and O–H groups in total. The van der Waals surface area contributed by atoms with Crippen LogP contribution in [0.25, 0.3) is 5.65 Å². The molecule has 2 aromatic heterocycles. The number of imidazole rings is 1. The highest BCUT2D eigenvalue weighted by Gasteiger charge is 2.20. The number of anilines is 1. The number of nitrogen functional groups attached to an aromatic ring is 1. The maximum absolute atomic E-state index is 12.4. The molecule has 21 heavy (non-hydrogen) atoms. The standard InChI is InChI=1S/C14H12ClN3O2S/c15-10-4-5-13(12(16)7-10)21(19,20)9-11-8-18-6-2-1-3-14(18)17-11/h1-8H,9,16H2. The molecule has 0 radical (unpaired) electrons. The van der Waals surface area contributed by atoms with Crippen molar-refractivity contribution in [3.05, 3.63) is 59.5 Å². The number of nitrogens with two attached hydrogens (primary N) is 1. The zero-order valence-corrected chi connectivity index (χ0v) is 12.5. The smallest absolute Gasteiger partial charge is 0.186 e. The summed E-state index contributed by atoms with van der Waals surface area (Å²) in [6.07, 6.45) is 3.51. The summed E-state index contributed by atoms with van der Waals surface area (Å²) in [6, 6.07) is 9.87. The predicted octanol–water partition coefficient (Wildman–Crippen LogP) is 2.54. The minimum atomic E-state index is -3.57. The van der Waals surface area contributed by atoms with Crippen LogP contribution in [0.3, 0.4) is 0 Å². The molecule has 108 valence electrons. The summed E-state index contributed by atoms with van der Waals surface area (Å²) in [5, 5.41) is 0.402. The summed E-state index contributed by atoms with van der Waals surface area (Å²) in [7, 11) is -3.57. The van der Waals surface area contributed by atoms with E-state index in [1.807, 2.05) is 24.4 Å². The molecule has 0 fully saturated rings. The lowest BCUT2D eigenvalue weighted by atomic mass is 10.3. The molecule has 0 saturated carbocycles. The summed E-state index contributed by atoms with van der Waals surface area (Å²) < 4.78 is 26.7. The summed E-state index contributed by atoms with van der Waals surface area (Å²) in [4.78, 5) is 4.36. The Kier molecular flexibility index (Phi) is 3.35. The highest BCUT2D eigenvalue weighted by Crippen LogP contribution is 2.25. The molecule has 0 bridgehead atoms. The average molecular weight is 322 g/mol. The molecule has 2 heterocycles. The average Bonchev–Trinajstić information content (AvgIpc) is 2.79. The van der Waals surface area contributed by atoms with E-state index in [4.69, 9.17) is 17.3 Å². The lowest BCUT2D eigenvalue weighted by molar-refractivity contribution is 0.595. The molecule has 7 heteroatoms. The quantitative estimate of drug-likeness (QED) is 0.752. The number of halogens is 1. The van der Waals surface area contributed by atoms with E-state index in [1.54, 1.807) is 10.6 Å². The molecule has 0 spiro atoms. The van der Waals surface area contributed by atoms with E-state index in [-0.39, 0.29) is 16.3 Å². The van der Waals surface area contributed by atoms with Crippen molar-refractivity contribution < 1.29 is 8.42 Å². The Morgan fingerprint density at radius 1 is 1.24 bits per heavy atom. The summed E-state index contributed by atoms with van der Waals surface area (Å²) >= 11 is 5.79.